The number of rotatable bonds is 3. The Kier molecular flexibility index (Phi) is 4.12. The maximum Gasteiger partial charge on any atom is 0.308 e. The topological polar surface area (TPSA) is 95.7 Å². The first-order valence-electron chi connectivity index (χ1n) is 4.34. The van der Waals surface area contributed by atoms with E-state index in [-0.39, 0.29) is 20.9 Å². The van der Waals surface area contributed by atoms with Crippen molar-refractivity contribution in [1.29, 1.82) is 0 Å². The van der Waals surface area contributed by atoms with Crippen LogP contribution in [-0.2, 0) is 14.8 Å². The minimum Gasteiger partial charge on any atom is -0.495 e. The summed E-state index contributed by atoms with van der Waals surface area (Å²) in [4.78, 5) is 10.6. The summed E-state index contributed by atoms with van der Waals surface area (Å²) in [5.74, 6) is -0.371. The number of primary sulfonamides is 1. The number of methoxy groups -OCH3 is 1. The minimum atomic E-state index is -3.91. The monoisotopic (exact) mass is 323 g/mol. The van der Waals surface area contributed by atoms with E-state index in [9.17, 15) is 13.2 Å². The summed E-state index contributed by atoms with van der Waals surface area (Å²) in [5.41, 5.74) is 0. The predicted octanol–water partition coefficient (Wildman–Crippen LogP) is 1.03. The Morgan fingerprint density at radius 3 is 2.35 bits per heavy atom. The zero-order valence-electron chi connectivity index (χ0n) is 9.06. The summed E-state index contributed by atoms with van der Waals surface area (Å²) in [5, 5.41) is 5.02. The van der Waals surface area contributed by atoms with Crippen LogP contribution in [0.3, 0.4) is 0 Å². The van der Waals surface area contributed by atoms with Crippen LogP contribution in [0.5, 0.6) is 11.5 Å². The quantitative estimate of drug-likeness (QED) is 0.662. The molecule has 6 nitrogen and oxygen atoms in total. The molecule has 0 unspecified atom stereocenters. The highest BCUT2D eigenvalue weighted by molar-refractivity contribution is 9.10. The highest BCUT2D eigenvalue weighted by atomic mass is 79.9. The van der Waals surface area contributed by atoms with Crippen molar-refractivity contribution in [3.05, 3.63) is 16.6 Å². The van der Waals surface area contributed by atoms with Crippen LogP contribution in [0.15, 0.2) is 21.5 Å². The lowest BCUT2D eigenvalue weighted by molar-refractivity contribution is -0.131. The molecule has 0 saturated carbocycles. The second kappa shape index (κ2) is 5.03. The van der Waals surface area contributed by atoms with Gasteiger partial charge in [0, 0.05) is 13.0 Å². The molecule has 94 valence electrons. The van der Waals surface area contributed by atoms with Crippen LogP contribution in [0.25, 0.3) is 0 Å². The molecule has 0 aliphatic rings. The summed E-state index contributed by atoms with van der Waals surface area (Å²) in [6.45, 7) is 1.23. The second-order valence-electron chi connectivity index (χ2n) is 3.07. The Morgan fingerprint density at radius 1 is 1.35 bits per heavy atom. The van der Waals surface area contributed by atoms with Crippen molar-refractivity contribution in [2.75, 3.05) is 7.11 Å². The number of carbonyl (C=O) groups excluding carboxylic acids is 1. The molecule has 0 radical (unpaired) electrons. The lowest BCUT2D eigenvalue weighted by Crippen LogP contribution is -2.14. The normalized spacial score (nSPS) is 11.1. The Morgan fingerprint density at radius 2 is 1.94 bits per heavy atom. The first kappa shape index (κ1) is 13.9. The standard InChI is InChI=1S/C9H10BrNO5S/c1-5(12)16-7-4-8(15-2)9(3-6(7)10)17(11,13)14/h3-4H,1-2H3,(H2,11,13,14). The molecule has 1 aromatic rings. The molecule has 8 heteroatoms. The predicted molar refractivity (Wildman–Crippen MR) is 63.4 cm³/mol. The van der Waals surface area contributed by atoms with E-state index in [1.165, 1.54) is 26.2 Å². The van der Waals surface area contributed by atoms with Gasteiger partial charge in [-0.1, -0.05) is 0 Å². The van der Waals surface area contributed by atoms with E-state index in [2.05, 4.69) is 15.9 Å². The second-order valence-corrected chi connectivity index (χ2v) is 5.46. The lowest BCUT2D eigenvalue weighted by Gasteiger charge is -2.10. The van der Waals surface area contributed by atoms with Crippen molar-refractivity contribution in [2.45, 2.75) is 11.8 Å². The first-order valence-corrected chi connectivity index (χ1v) is 6.68. The van der Waals surface area contributed by atoms with Gasteiger partial charge in [-0.3, -0.25) is 4.79 Å². The van der Waals surface area contributed by atoms with Gasteiger partial charge in [-0.25, -0.2) is 13.6 Å². The van der Waals surface area contributed by atoms with E-state index < -0.39 is 16.0 Å². The van der Waals surface area contributed by atoms with Crippen molar-refractivity contribution in [2.24, 2.45) is 5.14 Å². The van der Waals surface area contributed by atoms with Crippen molar-refractivity contribution in [3.8, 4) is 11.5 Å². The zero-order chi connectivity index (χ0) is 13.2. The molecule has 0 bridgehead atoms. The molecule has 1 aromatic carbocycles. The Bertz CT molecular complexity index is 555. The summed E-state index contributed by atoms with van der Waals surface area (Å²) in [6.07, 6.45) is 0. The highest BCUT2D eigenvalue weighted by Crippen LogP contribution is 2.34. The number of hydrogen-bond donors (Lipinski definition) is 1. The first-order chi connectivity index (χ1) is 7.75. The fraction of sp³-hybridized carbons (Fsp3) is 0.222. The van der Waals surface area contributed by atoms with Gasteiger partial charge in [-0.05, 0) is 22.0 Å². The van der Waals surface area contributed by atoms with Crippen LogP contribution in [0, 0.1) is 0 Å². The van der Waals surface area contributed by atoms with Crippen LogP contribution >= 0.6 is 15.9 Å². The third-order valence-corrected chi connectivity index (χ3v) is 3.33. The molecule has 1 rings (SSSR count). The molecule has 17 heavy (non-hydrogen) atoms. The van der Waals surface area contributed by atoms with Crippen molar-refractivity contribution < 1.29 is 22.7 Å². The number of halogens is 1. The Balaban J connectivity index is 3.40. The van der Waals surface area contributed by atoms with Crippen molar-refractivity contribution in [1.82, 2.24) is 0 Å². The van der Waals surface area contributed by atoms with E-state index in [4.69, 9.17) is 14.6 Å². The lowest BCUT2D eigenvalue weighted by atomic mass is 10.3. The molecule has 0 spiro atoms. The summed E-state index contributed by atoms with van der Waals surface area (Å²) < 4.78 is 32.6. The number of benzene rings is 1. The largest absolute Gasteiger partial charge is 0.495 e. The fourth-order valence-corrected chi connectivity index (χ4v) is 2.41. The summed E-state index contributed by atoms with van der Waals surface area (Å²) in [6, 6.07) is 2.48. The number of nitrogens with two attached hydrogens (primary N) is 1. The van der Waals surface area contributed by atoms with Gasteiger partial charge in [-0.15, -0.1) is 0 Å². The zero-order valence-corrected chi connectivity index (χ0v) is 11.5. The number of ether oxygens (including phenoxy) is 2. The third-order valence-electron chi connectivity index (χ3n) is 1.78. The van der Waals surface area contributed by atoms with Gasteiger partial charge in [0.05, 0.1) is 11.6 Å². The van der Waals surface area contributed by atoms with Gasteiger partial charge in [0.25, 0.3) is 0 Å². The molecule has 0 atom stereocenters. The maximum absolute atomic E-state index is 11.3. The number of carbonyl (C=O) groups is 1. The molecule has 0 aromatic heterocycles. The summed E-state index contributed by atoms with van der Waals surface area (Å²) in [7, 11) is -2.62. The van der Waals surface area contributed by atoms with Gasteiger partial charge in [0.2, 0.25) is 10.0 Å². The van der Waals surface area contributed by atoms with Crippen LogP contribution < -0.4 is 14.6 Å². The van der Waals surface area contributed by atoms with Gasteiger partial charge in [0.15, 0.2) is 0 Å². The van der Waals surface area contributed by atoms with Gasteiger partial charge < -0.3 is 9.47 Å². The van der Waals surface area contributed by atoms with E-state index in [1.807, 2.05) is 0 Å². The smallest absolute Gasteiger partial charge is 0.308 e. The fourth-order valence-electron chi connectivity index (χ4n) is 1.13. The van der Waals surface area contributed by atoms with E-state index in [1.54, 1.807) is 0 Å². The molecular formula is C9H10BrNO5S. The number of esters is 1. The van der Waals surface area contributed by atoms with E-state index >= 15 is 0 Å². The van der Waals surface area contributed by atoms with Gasteiger partial charge in [-0.2, -0.15) is 0 Å². The molecule has 0 aliphatic carbocycles. The molecular weight excluding hydrogens is 314 g/mol. The molecule has 0 fully saturated rings. The van der Waals surface area contributed by atoms with Crippen LogP contribution in [0.1, 0.15) is 6.92 Å². The average Bonchev–Trinajstić information content (AvgIpc) is 2.18. The third kappa shape index (κ3) is 3.42. The SMILES string of the molecule is COc1cc(OC(C)=O)c(Br)cc1S(N)(=O)=O. The van der Waals surface area contributed by atoms with Crippen LogP contribution in [-0.4, -0.2) is 21.5 Å². The van der Waals surface area contributed by atoms with Gasteiger partial charge in [0.1, 0.15) is 16.4 Å². The summed E-state index contributed by atoms with van der Waals surface area (Å²) >= 11 is 3.08. The maximum atomic E-state index is 11.3. The number of hydrogen-bond acceptors (Lipinski definition) is 5. The molecule has 0 heterocycles. The van der Waals surface area contributed by atoms with Gasteiger partial charge >= 0.3 is 5.97 Å². The van der Waals surface area contributed by atoms with Crippen LogP contribution in [0.4, 0.5) is 0 Å². The van der Waals surface area contributed by atoms with E-state index in [0.29, 0.717) is 0 Å². The van der Waals surface area contributed by atoms with Crippen molar-refractivity contribution in [3.63, 3.8) is 0 Å². The van der Waals surface area contributed by atoms with Crippen LogP contribution in [0.2, 0.25) is 0 Å². The Labute approximate surface area is 107 Å². The minimum absolute atomic E-state index is 0.00644. The molecule has 2 N–H and O–H groups in total. The van der Waals surface area contributed by atoms with E-state index in [0.717, 1.165) is 0 Å². The Hall–Kier alpha value is -1.12. The number of sulfonamides is 1. The molecule has 0 aliphatic heterocycles. The molecule has 0 amide bonds. The van der Waals surface area contributed by atoms with Crippen molar-refractivity contribution >= 4 is 31.9 Å². The highest BCUT2D eigenvalue weighted by Gasteiger charge is 2.19. The average molecular weight is 324 g/mol. The molecule has 0 saturated heterocycles.